The summed E-state index contributed by atoms with van der Waals surface area (Å²) < 4.78 is 6.54. The standard InChI is InChI=1S/C12H10BrClN2O/c13-9-3-1-8(2-4-9)7-17-12-10(15)5-6-11(14)16-12/h1-6H,7,15H2. The van der Waals surface area contributed by atoms with Crippen LogP contribution >= 0.6 is 27.5 Å². The van der Waals surface area contributed by atoms with Gasteiger partial charge in [0.15, 0.2) is 0 Å². The molecular weight excluding hydrogens is 304 g/mol. The maximum absolute atomic E-state index is 5.77. The molecule has 0 saturated carbocycles. The Labute approximate surface area is 113 Å². The van der Waals surface area contributed by atoms with Gasteiger partial charge in [0.2, 0.25) is 5.88 Å². The first-order valence-electron chi connectivity index (χ1n) is 4.94. The van der Waals surface area contributed by atoms with E-state index in [0.717, 1.165) is 10.0 Å². The number of hydrogen-bond donors (Lipinski definition) is 1. The van der Waals surface area contributed by atoms with E-state index in [0.29, 0.717) is 23.3 Å². The highest BCUT2D eigenvalue weighted by Crippen LogP contribution is 2.22. The number of nitrogen functional groups attached to an aromatic ring is 1. The van der Waals surface area contributed by atoms with Crippen molar-refractivity contribution >= 4 is 33.2 Å². The lowest BCUT2D eigenvalue weighted by molar-refractivity contribution is 0.296. The molecule has 0 amide bonds. The highest BCUT2D eigenvalue weighted by molar-refractivity contribution is 9.10. The van der Waals surface area contributed by atoms with Crippen LogP contribution < -0.4 is 10.5 Å². The molecule has 1 aromatic carbocycles. The Morgan fingerprint density at radius 1 is 1.18 bits per heavy atom. The van der Waals surface area contributed by atoms with Gasteiger partial charge >= 0.3 is 0 Å². The quantitative estimate of drug-likeness (QED) is 0.880. The van der Waals surface area contributed by atoms with E-state index in [1.807, 2.05) is 24.3 Å². The average molecular weight is 314 g/mol. The lowest BCUT2D eigenvalue weighted by Crippen LogP contribution is -2.00. The molecule has 0 aliphatic carbocycles. The first-order valence-corrected chi connectivity index (χ1v) is 6.11. The number of pyridine rings is 1. The minimum Gasteiger partial charge on any atom is -0.471 e. The van der Waals surface area contributed by atoms with Crippen LogP contribution in [0.3, 0.4) is 0 Å². The van der Waals surface area contributed by atoms with Crippen molar-refractivity contribution in [2.75, 3.05) is 5.73 Å². The van der Waals surface area contributed by atoms with Gasteiger partial charge in [-0.2, -0.15) is 4.98 Å². The molecule has 0 aliphatic heterocycles. The van der Waals surface area contributed by atoms with E-state index in [1.54, 1.807) is 12.1 Å². The molecule has 0 bridgehead atoms. The topological polar surface area (TPSA) is 48.1 Å². The van der Waals surface area contributed by atoms with Crippen molar-refractivity contribution in [3.8, 4) is 5.88 Å². The van der Waals surface area contributed by atoms with Gasteiger partial charge < -0.3 is 10.5 Å². The molecule has 5 heteroatoms. The summed E-state index contributed by atoms with van der Waals surface area (Å²) in [4.78, 5) is 4.01. The average Bonchev–Trinajstić information content (AvgIpc) is 2.32. The van der Waals surface area contributed by atoms with E-state index in [2.05, 4.69) is 20.9 Å². The second kappa shape index (κ2) is 5.38. The normalized spacial score (nSPS) is 10.2. The zero-order valence-corrected chi connectivity index (χ0v) is 11.2. The van der Waals surface area contributed by atoms with E-state index in [9.17, 15) is 0 Å². The molecule has 3 nitrogen and oxygen atoms in total. The molecule has 1 aromatic heterocycles. The largest absolute Gasteiger partial charge is 0.471 e. The minimum absolute atomic E-state index is 0.361. The van der Waals surface area contributed by atoms with E-state index < -0.39 is 0 Å². The number of halogens is 2. The summed E-state index contributed by atoms with van der Waals surface area (Å²) in [5.41, 5.74) is 7.24. The molecule has 0 spiro atoms. The summed E-state index contributed by atoms with van der Waals surface area (Å²) in [7, 11) is 0. The second-order valence-corrected chi connectivity index (χ2v) is 4.75. The highest BCUT2D eigenvalue weighted by Gasteiger charge is 2.03. The smallest absolute Gasteiger partial charge is 0.238 e. The summed E-state index contributed by atoms with van der Waals surface area (Å²) in [6.45, 7) is 0.408. The Bertz CT molecular complexity index is 516. The van der Waals surface area contributed by atoms with Gasteiger partial charge in [-0.25, -0.2) is 0 Å². The minimum atomic E-state index is 0.361. The van der Waals surface area contributed by atoms with Gasteiger partial charge in [-0.1, -0.05) is 39.7 Å². The number of ether oxygens (including phenoxy) is 1. The number of rotatable bonds is 3. The second-order valence-electron chi connectivity index (χ2n) is 3.44. The molecule has 0 unspecified atom stereocenters. The van der Waals surface area contributed by atoms with Crippen molar-refractivity contribution in [1.29, 1.82) is 0 Å². The third kappa shape index (κ3) is 3.35. The summed E-state index contributed by atoms with van der Waals surface area (Å²) in [5, 5.41) is 0.366. The first kappa shape index (κ1) is 12.2. The van der Waals surface area contributed by atoms with Crippen LogP contribution in [-0.2, 0) is 6.61 Å². The maximum Gasteiger partial charge on any atom is 0.238 e. The van der Waals surface area contributed by atoms with Gasteiger partial charge in [-0.15, -0.1) is 0 Å². The molecule has 17 heavy (non-hydrogen) atoms. The van der Waals surface area contributed by atoms with Crippen LogP contribution in [0.15, 0.2) is 40.9 Å². The number of hydrogen-bond acceptors (Lipinski definition) is 3. The lowest BCUT2D eigenvalue weighted by atomic mass is 10.2. The predicted octanol–water partition coefficient (Wildman–Crippen LogP) is 3.66. The molecule has 2 N–H and O–H groups in total. The predicted molar refractivity (Wildman–Crippen MR) is 72.1 cm³/mol. The zero-order chi connectivity index (χ0) is 12.3. The van der Waals surface area contributed by atoms with Crippen LogP contribution in [0, 0.1) is 0 Å². The third-order valence-corrected chi connectivity index (χ3v) is 2.88. The zero-order valence-electron chi connectivity index (χ0n) is 8.86. The van der Waals surface area contributed by atoms with Crippen molar-refractivity contribution in [1.82, 2.24) is 4.98 Å². The van der Waals surface area contributed by atoms with Crippen LogP contribution in [-0.4, -0.2) is 4.98 Å². The fraction of sp³-hybridized carbons (Fsp3) is 0.0833. The van der Waals surface area contributed by atoms with Crippen molar-refractivity contribution in [3.05, 3.63) is 51.6 Å². The van der Waals surface area contributed by atoms with Crippen LogP contribution in [0.4, 0.5) is 5.69 Å². The third-order valence-electron chi connectivity index (χ3n) is 2.14. The van der Waals surface area contributed by atoms with Gasteiger partial charge in [0.1, 0.15) is 11.8 Å². The Hall–Kier alpha value is -1.26. The van der Waals surface area contributed by atoms with Gasteiger partial charge in [0, 0.05) is 4.47 Å². The maximum atomic E-state index is 5.77. The number of benzene rings is 1. The molecule has 0 radical (unpaired) electrons. The van der Waals surface area contributed by atoms with E-state index in [4.69, 9.17) is 22.1 Å². The van der Waals surface area contributed by atoms with Gasteiger partial charge in [-0.05, 0) is 29.8 Å². The van der Waals surface area contributed by atoms with Gasteiger partial charge in [-0.3, -0.25) is 0 Å². The van der Waals surface area contributed by atoms with Crippen LogP contribution in [0.2, 0.25) is 5.15 Å². The lowest BCUT2D eigenvalue weighted by Gasteiger charge is -2.08. The molecule has 0 atom stereocenters. The summed E-state index contributed by atoms with van der Waals surface area (Å²) >= 11 is 9.14. The van der Waals surface area contributed by atoms with E-state index >= 15 is 0 Å². The van der Waals surface area contributed by atoms with Crippen molar-refractivity contribution in [2.45, 2.75) is 6.61 Å². The number of aromatic nitrogens is 1. The van der Waals surface area contributed by atoms with Crippen LogP contribution in [0.1, 0.15) is 5.56 Å². The fourth-order valence-corrected chi connectivity index (χ4v) is 1.68. The van der Waals surface area contributed by atoms with E-state index in [-0.39, 0.29) is 0 Å². The van der Waals surface area contributed by atoms with E-state index in [1.165, 1.54) is 0 Å². The van der Waals surface area contributed by atoms with Crippen LogP contribution in [0.5, 0.6) is 5.88 Å². The molecule has 2 aromatic rings. The van der Waals surface area contributed by atoms with Gasteiger partial charge in [0.05, 0.1) is 5.69 Å². The fourth-order valence-electron chi connectivity index (χ4n) is 1.28. The molecule has 1 heterocycles. The Morgan fingerprint density at radius 2 is 1.88 bits per heavy atom. The first-order chi connectivity index (χ1) is 8.15. The molecule has 0 fully saturated rings. The van der Waals surface area contributed by atoms with Crippen molar-refractivity contribution in [2.24, 2.45) is 0 Å². The molecule has 88 valence electrons. The highest BCUT2D eigenvalue weighted by atomic mass is 79.9. The number of anilines is 1. The van der Waals surface area contributed by atoms with Crippen LogP contribution in [0.25, 0.3) is 0 Å². The Balaban J connectivity index is 2.07. The molecular formula is C12H10BrClN2O. The van der Waals surface area contributed by atoms with Gasteiger partial charge in [0.25, 0.3) is 0 Å². The Kier molecular flexibility index (Phi) is 3.86. The number of nitrogens with zero attached hydrogens (tertiary/aromatic N) is 1. The summed E-state index contributed by atoms with van der Waals surface area (Å²) in [6.07, 6.45) is 0. The molecule has 0 saturated heterocycles. The molecule has 0 aliphatic rings. The Morgan fingerprint density at radius 3 is 2.59 bits per heavy atom. The molecule has 2 rings (SSSR count). The number of nitrogens with two attached hydrogens (primary N) is 1. The SMILES string of the molecule is Nc1ccc(Cl)nc1OCc1ccc(Br)cc1. The van der Waals surface area contributed by atoms with Crippen molar-refractivity contribution < 1.29 is 4.74 Å². The summed E-state index contributed by atoms with van der Waals surface area (Å²) in [5.74, 6) is 0.361. The summed E-state index contributed by atoms with van der Waals surface area (Å²) in [6, 6.07) is 11.1. The van der Waals surface area contributed by atoms with Crippen molar-refractivity contribution in [3.63, 3.8) is 0 Å². The monoisotopic (exact) mass is 312 g/mol.